The molecular weight excluding hydrogens is 262 g/mol. The first-order chi connectivity index (χ1) is 10.2. The molecule has 0 saturated heterocycles. The van der Waals surface area contributed by atoms with E-state index in [2.05, 4.69) is 36.4 Å². The lowest BCUT2D eigenvalue weighted by Gasteiger charge is -2.10. The summed E-state index contributed by atoms with van der Waals surface area (Å²) in [5.41, 5.74) is 3.42. The minimum absolute atomic E-state index is 0.788. The van der Waals surface area contributed by atoms with E-state index in [0.29, 0.717) is 0 Å². The first-order valence-electron chi connectivity index (χ1n) is 7.65. The van der Waals surface area contributed by atoms with Crippen molar-refractivity contribution in [1.82, 2.24) is 15.1 Å². The van der Waals surface area contributed by atoms with E-state index in [1.807, 2.05) is 30.8 Å². The van der Waals surface area contributed by atoms with Crippen LogP contribution in [0.1, 0.15) is 37.1 Å². The van der Waals surface area contributed by atoms with E-state index in [4.69, 9.17) is 4.74 Å². The van der Waals surface area contributed by atoms with Gasteiger partial charge in [0.2, 0.25) is 5.88 Å². The summed E-state index contributed by atoms with van der Waals surface area (Å²) in [7, 11) is 1.93. The standard InChI is InChI=1S/C17H25N3O/c1-5-10-18-12-16-13(3)19-20(4)17(16)21-15-9-7-8-14(6-2)11-15/h7-9,11,18H,5-6,10,12H2,1-4H3. The Kier molecular flexibility index (Phi) is 5.39. The van der Waals surface area contributed by atoms with Crippen molar-refractivity contribution in [3.05, 3.63) is 41.1 Å². The fourth-order valence-electron chi connectivity index (χ4n) is 2.34. The van der Waals surface area contributed by atoms with Crippen LogP contribution in [0, 0.1) is 6.92 Å². The molecule has 0 spiro atoms. The van der Waals surface area contributed by atoms with Crippen LogP contribution in [0.25, 0.3) is 0 Å². The van der Waals surface area contributed by atoms with Crippen LogP contribution in [0.3, 0.4) is 0 Å². The highest BCUT2D eigenvalue weighted by atomic mass is 16.5. The number of nitrogens with zero attached hydrogens (tertiary/aromatic N) is 2. The van der Waals surface area contributed by atoms with Crippen molar-refractivity contribution in [2.45, 2.75) is 40.2 Å². The molecule has 0 saturated carbocycles. The fraction of sp³-hybridized carbons (Fsp3) is 0.471. The molecule has 0 radical (unpaired) electrons. The van der Waals surface area contributed by atoms with Crippen LogP contribution in [-0.4, -0.2) is 16.3 Å². The Bertz CT molecular complexity index is 590. The van der Waals surface area contributed by atoms with Crippen LogP contribution in [0.5, 0.6) is 11.6 Å². The smallest absolute Gasteiger partial charge is 0.222 e. The van der Waals surface area contributed by atoms with Crippen LogP contribution in [-0.2, 0) is 20.0 Å². The van der Waals surface area contributed by atoms with Gasteiger partial charge >= 0.3 is 0 Å². The number of hydrogen-bond donors (Lipinski definition) is 1. The van der Waals surface area contributed by atoms with E-state index in [1.165, 1.54) is 5.56 Å². The number of hydrogen-bond acceptors (Lipinski definition) is 3. The molecule has 0 aliphatic carbocycles. The monoisotopic (exact) mass is 287 g/mol. The van der Waals surface area contributed by atoms with Gasteiger partial charge in [0.1, 0.15) is 5.75 Å². The molecule has 0 aliphatic rings. The molecule has 0 aliphatic heterocycles. The van der Waals surface area contributed by atoms with Crippen LogP contribution in [0.4, 0.5) is 0 Å². The lowest BCUT2D eigenvalue weighted by molar-refractivity contribution is 0.423. The van der Waals surface area contributed by atoms with Gasteiger partial charge in [-0.15, -0.1) is 0 Å². The Morgan fingerprint density at radius 3 is 2.81 bits per heavy atom. The van der Waals surface area contributed by atoms with Gasteiger partial charge in [0.25, 0.3) is 0 Å². The van der Waals surface area contributed by atoms with Gasteiger partial charge in [-0.05, 0) is 44.0 Å². The summed E-state index contributed by atoms with van der Waals surface area (Å²) in [6.45, 7) is 8.12. The van der Waals surface area contributed by atoms with Gasteiger partial charge in [-0.1, -0.05) is 26.0 Å². The van der Waals surface area contributed by atoms with E-state index >= 15 is 0 Å². The summed E-state index contributed by atoms with van der Waals surface area (Å²) in [6, 6.07) is 8.23. The summed E-state index contributed by atoms with van der Waals surface area (Å²) in [5.74, 6) is 1.69. The molecule has 1 heterocycles. The van der Waals surface area contributed by atoms with Crippen molar-refractivity contribution in [2.24, 2.45) is 7.05 Å². The molecule has 21 heavy (non-hydrogen) atoms. The Hall–Kier alpha value is -1.81. The molecule has 0 bridgehead atoms. The highest BCUT2D eigenvalue weighted by Crippen LogP contribution is 2.27. The number of rotatable bonds is 7. The van der Waals surface area contributed by atoms with Crippen molar-refractivity contribution in [3.8, 4) is 11.6 Å². The van der Waals surface area contributed by atoms with Crippen molar-refractivity contribution in [2.75, 3.05) is 6.54 Å². The maximum atomic E-state index is 6.09. The first kappa shape index (κ1) is 15.6. The number of nitrogens with one attached hydrogen (secondary N) is 1. The van der Waals surface area contributed by atoms with E-state index < -0.39 is 0 Å². The van der Waals surface area contributed by atoms with Crippen LogP contribution >= 0.6 is 0 Å². The van der Waals surface area contributed by atoms with Crippen molar-refractivity contribution in [3.63, 3.8) is 0 Å². The van der Waals surface area contributed by atoms with Gasteiger partial charge in [-0.3, -0.25) is 0 Å². The predicted octanol–water partition coefficient (Wildman–Crippen LogP) is 3.58. The van der Waals surface area contributed by atoms with Crippen LogP contribution < -0.4 is 10.1 Å². The zero-order valence-electron chi connectivity index (χ0n) is 13.4. The predicted molar refractivity (Wildman–Crippen MR) is 85.8 cm³/mol. The van der Waals surface area contributed by atoms with Crippen LogP contribution in [0.15, 0.2) is 24.3 Å². The molecule has 4 nitrogen and oxygen atoms in total. The first-order valence-corrected chi connectivity index (χ1v) is 7.65. The molecule has 0 unspecified atom stereocenters. The Morgan fingerprint density at radius 2 is 2.10 bits per heavy atom. The van der Waals surface area contributed by atoms with Gasteiger partial charge in [0.05, 0.1) is 11.3 Å². The van der Waals surface area contributed by atoms with Gasteiger partial charge in [0, 0.05) is 13.6 Å². The van der Waals surface area contributed by atoms with Crippen molar-refractivity contribution >= 4 is 0 Å². The normalized spacial score (nSPS) is 10.9. The molecule has 1 N–H and O–H groups in total. The average molecular weight is 287 g/mol. The molecule has 114 valence electrons. The summed E-state index contributed by atoms with van der Waals surface area (Å²) in [5, 5.41) is 7.90. The lowest BCUT2D eigenvalue weighted by atomic mass is 10.2. The highest BCUT2D eigenvalue weighted by molar-refractivity contribution is 5.37. The maximum Gasteiger partial charge on any atom is 0.222 e. The summed E-state index contributed by atoms with van der Waals surface area (Å²) < 4.78 is 7.91. The van der Waals surface area contributed by atoms with Crippen molar-refractivity contribution in [1.29, 1.82) is 0 Å². The minimum atomic E-state index is 0.788. The molecule has 4 heteroatoms. The summed E-state index contributed by atoms with van der Waals surface area (Å²) in [6.07, 6.45) is 2.13. The molecule has 0 fully saturated rings. The zero-order chi connectivity index (χ0) is 15.2. The number of aryl methyl sites for hydroxylation is 3. The zero-order valence-corrected chi connectivity index (χ0v) is 13.4. The molecule has 1 aromatic heterocycles. The number of ether oxygens (including phenoxy) is 1. The Morgan fingerprint density at radius 1 is 1.29 bits per heavy atom. The maximum absolute atomic E-state index is 6.09. The minimum Gasteiger partial charge on any atom is -0.439 e. The number of aromatic nitrogens is 2. The second kappa shape index (κ2) is 7.27. The highest BCUT2D eigenvalue weighted by Gasteiger charge is 2.15. The molecular formula is C17H25N3O. The van der Waals surface area contributed by atoms with E-state index in [-0.39, 0.29) is 0 Å². The average Bonchev–Trinajstić information content (AvgIpc) is 2.74. The molecule has 0 amide bonds. The molecule has 2 rings (SSSR count). The Balaban J connectivity index is 2.21. The van der Waals surface area contributed by atoms with Crippen molar-refractivity contribution < 1.29 is 4.74 Å². The third kappa shape index (κ3) is 3.85. The molecule has 0 atom stereocenters. The fourth-order valence-corrected chi connectivity index (χ4v) is 2.34. The topological polar surface area (TPSA) is 39.1 Å². The van der Waals surface area contributed by atoms with Gasteiger partial charge in [-0.25, -0.2) is 4.68 Å². The third-order valence-corrected chi connectivity index (χ3v) is 3.54. The van der Waals surface area contributed by atoms with E-state index in [9.17, 15) is 0 Å². The van der Waals surface area contributed by atoms with Crippen LogP contribution in [0.2, 0.25) is 0 Å². The lowest BCUT2D eigenvalue weighted by Crippen LogP contribution is -2.14. The second-order valence-electron chi connectivity index (χ2n) is 5.27. The van der Waals surface area contributed by atoms with Gasteiger partial charge < -0.3 is 10.1 Å². The molecule has 2 aromatic rings. The summed E-state index contributed by atoms with van der Waals surface area (Å²) in [4.78, 5) is 0. The Labute approximate surface area is 127 Å². The molecule has 1 aromatic carbocycles. The SMILES string of the molecule is CCCNCc1c(C)nn(C)c1Oc1cccc(CC)c1. The van der Waals surface area contributed by atoms with E-state index in [0.717, 1.165) is 48.8 Å². The quantitative estimate of drug-likeness (QED) is 0.791. The van der Waals surface area contributed by atoms with Gasteiger partial charge in [0.15, 0.2) is 0 Å². The summed E-state index contributed by atoms with van der Waals surface area (Å²) >= 11 is 0. The number of benzene rings is 1. The third-order valence-electron chi connectivity index (χ3n) is 3.54. The second-order valence-corrected chi connectivity index (χ2v) is 5.27. The van der Waals surface area contributed by atoms with E-state index in [1.54, 1.807) is 0 Å². The largest absolute Gasteiger partial charge is 0.439 e. The van der Waals surface area contributed by atoms with Gasteiger partial charge in [-0.2, -0.15) is 5.10 Å².